The molecule has 2 rings (SSSR count). The predicted octanol–water partition coefficient (Wildman–Crippen LogP) is 2.21. The van der Waals surface area contributed by atoms with Crippen molar-refractivity contribution in [3.63, 3.8) is 0 Å². The van der Waals surface area contributed by atoms with Crippen molar-refractivity contribution in [1.82, 2.24) is 5.32 Å². The Hall–Kier alpha value is -1.15. The maximum absolute atomic E-state index is 10.5. The first-order chi connectivity index (χ1) is 7.31. The molecule has 1 heterocycles. The number of carbonyl (C=O) groups excluding carboxylic acids is 1. The summed E-state index contributed by atoms with van der Waals surface area (Å²) in [6.45, 7) is 4.53. The lowest BCUT2D eigenvalue weighted by Gasteiger charge is -2.18. The van der Waals surface area contributed by atoms with Crippen LogP contribution in [0.4, 0.5) is 0 Å². The lowest BCUT2D eigenvalue weighted by atomic mass is 9.87. The Labute approximate surface area is 90.7 Å². The molecule has 2 atom stereocenters. The van der Waals surface area contributed by atoms with Gasteiger partial charge in [-0.2, -0.15) is 0 Å². The quantitative estimate of drug-likeness (QED) is 0.763. The van der Waals surface area contributed by atoms with Crippen molar-refractivity contribution in [2.24, 2.45) is 5.92 Å². The lowest BCUT2D eigenvalue weighted by Crippen LogP contribution is -2.14. The zero-order chi connectivity index (χ0) is 10.7. The van der Waals surface area contributed by atoms with Crippen LogP contribution < -0.4 is 5.32 Å². The second-order valence-corrected chi connectivity index (χ2v) is 4.33. The first kappa shape index (κ1) is 10.4. The number of aldehydes is 1. The molecular weight excluding hydrogens is 186 g/mol. The van der Waals surface area contributed by atoms with Crippen LogP contribution >= 0.6 is 0 Å². The fraction of sp³-hybridized carbons (Fsp3) is 0.462. The third-order valence-electron chi connectivity index (χ3n) is 3.40. The highest BCUT2D eigenvalue weighted by atomic mass is 16.1. The highest BCUT2D eigenvalue weighted by molar-refractivity contribution is 5.74. The van der Waals surface area contributed by atoms with Gasteiger partial charge in [0.1, 0.15) is 6.29 Å². The fourth-order valence-corrected chi connectivity index (χ4v) is 2.25. The minimum Gasteiger partial charge on any atom is -0.316 e. The highest BCUT2D eigenvalue weighted by Crippen LogP contribution is 2.28. The molecule has 1 aliphatic heterocycles. The summed E-state index contributed by atoms with van der Waals surface area (Å²) in [5.41, 5.74) is 2.10. The second kappa shape index (κ2) is 4.58. The maximum Gasteiger partial charge on any atom is 0.150 e. The standard InChI is InChI=1S/C13H17NO/c1-10(13-6-7-14-8-13)12-4-2-11(9-15)3-5-12/h2-5,9-10,13-14H,6-8H2,1H3. The van der Waals surface area contributed by atoms with E-state index >= 15 is 0 Å². The summed E-state index contributed by atoms with van der Waals surface area (Å²) >= 11 is 0. The molecule has 80 valence electrons. The van der Waals surface area contributed by atoms with Crippen molar-refractivity contribution in [1.29, 1.82) is 0 Å². The largest absolute Gasteiger partial charge is 0.316 e. The van der Waals surface area contributed by atoms with E-state index in [0.29, 0.717) is 5.92 Å². The Balaban J connectivity index is 2.10. The summed E-state index contributed by atoms with van der Waals surface area (Å²) in [5, 5.41) is 3.39. The molecule has 0 spiro atoms. The number of carbonyl (C=O) groups is 1. The molecule has 1 aromatic rings. The van der Waals surface area contributed by atoms with Gasteiger partial charge < -0.3 is 5.32 Å². The van der Waals surface area contributed by atoms with Gasteiger partial charge in [-0.05, 0) is 36.9 Å². The van der Waals surface area contributed by atoms with E-state index in [-0.39, 0.29) is 0 Å². The van der Waals surface area contributed by atoms with Crippen LogP contribution in [0, 0.1) is 5.92 Å². The molecule has 1 fully saturated rings. The summed E-state index contributed by atoms with van der Waals surface area (Å²) < 4.78 is 0. The third-order valence-corrected chi connectivity index (χ3v) is 3.40. The Morgan fingerprint density at radius 1 is 1.40 bits per heavy atom. The van der Waals surface area contributed by atoms with E-state index in [1.807, 2.05) is 12.1 Å². The Morgan fingerprint density at radius 2 is 2.13 bits per heavy atom. The minimum atomic E-state index is 0.584. The van der Waals surface area contributed by atoms with Crippen molar-refractivity contribution in [2.45, 2.75) is 19.3 Å². The average molecular weight is 203 g/mol. The monoisotopic (exact) mass is 203 g/mol. The van der Waals surface area contributed by atoms with Gasteiger partial charge in [0, 0.05) is 5.56 Å². The molecule has 0 aromatic heterocycles. The summed E-state index contributed by atoms with van der Waals surface area (Å²) in [6, 6.07) is 7.96. The normalized spacial score (nSPS) is 22.6. The second-order valence-electron chi connectivity index (χ2n) is 4.33. The molecule has 0 amide bonds. The summed E-state index contributed by atoms with van der Waals surface area (Å²) in [6.07, 6.45) is 2.15. The Morgan fingerprint density at radius 3 is 2.67 bits per heavy atom. The molecule has 2 unspecified atom stereocenters. The highest BCUT2D eigenvalue weighted by Gasteiger charge is 2.22. The van der Waals surface area contributed by atoms with Crippen LogP contribution in [-0.4, -0.2) is 19.4 Å². The zero-order valence-corrected chi connectivity index (χ0v) is 9.07. The number of hydrogen-bond acceptors (Lipinski definition) is 2. The van der Waals surface area contributed by atoms with Gasteiger partial charge in [0.05, 0.1) is 0 Å². The number of hydrogen-bond donors (Lipinski definition) is 1. The van der Waals surface area contributed by atoms with Crippen LogP contribution in [0.15, 0.2) is 24.3 Å². The molecule has 1 saturated heterocycles. The number of benzene rings is 1. The Bertz CT molecular complexity index is 325. The van der Waals surface area contributed by atoms with Crippen molar-refractivity contribution < 1.29 is 4.79 Å². The maximum atomic E-state index is 10.5. The molecule has 0 aliphatic carbocycles. The van der Waals surface area contributed by atoms with Crippen LogP contribution in [0.25, 0.3) is 0 Å². The molecule has 1 aliphatic rings. The van der Waals surface area contributed by atoms with E-state index in [1.165, 1.54) is 12.0 Å². The Kier molecular flexibility index (Phi) is 3.17. The average Bonchev–Trinajstić information content (AvgIpc) is 2.82. The van der Waals surface area contributed by atoms with E-state index < -0.39 is 0 Å². The van der Waals surface area contributed by atoms with Gasteiger partial charge >= 0.3 is 0 Å². The molecule has 0 radical (unpaired) electrons. The summed E-state index contributed by atoms with van der Waals surface area (Å²) in [5.74, 6) is 1.33. The molecule has 1 N–H and O–H groups in total. The van der Waals surface area contributed by atoms with E-state index in [0.717, 1.165) is 30.9 Å². The first-order valence-corrected chi connectivity index (χ1v) is 5.57. The zero-order valence-electron chi connectivity index (χ0n) is 9.07. The van der Waals surface area contributed by atoms with Crippen molar-refractivity contribution in [3.05, 3.63) is 35.4 Å². The first-order valence-electron chi connectivity index (χ1n) is 5.57. The van der Waals surface area contributed by atoms with Gasteiger partial charge in [-0.25, -0.2) is 0 Å². The van der Waals surface area contributed by atoms with Crippen LogP contribution in [0.3, 0.4) is 0 Å². The van der Waals surface area contributed by atoms with Gasteiger partial charge in [-0.15, -0.1) is 0 Å². The van der Waals surface area contributed by atoms with Gasteiger partial charge in [-0.1, -0.05) is 31.2 Å². The van der Waals surface area contributed by atoms with Crippen LogP contribution in [0.2, 0.25) is 0 Å². The molecule has 15 heavy (non-hydrogen) atoms. The molecule has 1 aromatic carbocycles. The van der Waals surface area contributed by atoms with Crippen molar-refractivity contribution in [2.75, 3.05) is 13.1 Å². The summed E-state index contributed by atoms with van der Waals surface area (Å²) in [7, 11) is 0. The van der Waals surface area contributed by atoms with E-state index in [9.17, 15) is 4.79 Å². The molecule has 2 nitrogen and oxygen atoms in total. The van der Waals surface area contributed by atoms with Gasteiger partial charge in [-0.3, -0.25) is 4.79 Å². The minimum absolute atomic E-state index is 0.584. The van der Waals surface area contributed by atoms with Gasteiger partial charge in [0.25, 0.3) is 0 Å². The van der Waals surface area contributed by atoms with Crippen molar-refractivity contribution in [3.8, 4) is 0 Å². The molecular formula is C13H17NO. The van der Waals surface area contributed by atoms with E-state index in [2.05, 4.69) is 24.4 Å². The fourth-order valence-electron chi connectivity index (χ4n) is 2.25. The van der Waals surface area contributed by atoms with E-state index in [1.54, 1.807) is 0 Å². The molecule has 0 saturated carbocycles. The third kappa shape index (κ3) is 2.26. The molecule has 0 bridgehead atoms. The lowest BCUT2D eigenvalue weighted by molar-refractivity contribution is 0.112. The SMILES string of the molecule is CC(c1ccc(C=O)cc1)C1CCNC1. The molecule has 2 heteroatoms. The topological polar surface area (TPSA) is 29.1 Å². The van der Waals surface area contributed by atoms with Crippen LogP contribution in [0.1, 0.15) is 35.2 Å². The number of rotatable bonds is 3. The predicted molar refractivity (Wildman–Crippen MR) is 61.2 cm³/mol. The van der Waals surface area contributed by atoms with Crippen molar-refractivity contribution >= 4 is 6.29 Å². The van der Waals surface area contributed by atoms with Gasteiger partial charge in [0.15, 0.2) is 0 Å². The van der Waals surface area contributed by atoms with E-state index in [4.69, 9.17) is 0 Å². The van der Waals surface area contributed by atoms with Gasteiger partial charge in [0.2, 0.25) is 0 Å². The smallest absolute Gasteiger partial charge is 0.150 e. The summed E-state index contributed by atoms with van der Waals surface area (Å²) in [4.78, 5) is 10.5. The van der Waals surface area contributed by atoms with Crippen LogP contribution in [0.5, 0.6) is 0 Å². The van der Waals surface area contributed by atoms with Crippen LogP contribution in [-0.2, 0) is 0 Å². The number of nitrogens with one attached hydrogen (secondary N) is 1.